The van der Waals surface area contributed by atoms with Crippen LogP contribution in [0.3, 0.4) is 0 Å². The summed E-state index contributed by atoms with van der Waals surface area (Å²) in [5.74, 6) is 0. The van der Waals surface area contributed by atoms with Gasteiger partial charge < -0.3 is 13.7 Å². The number of anilines is 3. The van der Waals surface area contributed by atoms with Crippen molar-refractivity contribution in [2.45, 2.75) is 0 Å². The van der Waals surface area contributed by atoms with E-state index in [-0.39, 0.29) is 0 Å². The van der Waals surface area contributed by atoms with Crippen molar-refractivity contribution in [3.05, 3.63) is 176 Å². The van der Waals surface area contributed by atoms with Crippen LogP contribution < -0.4 is 4.90 Å². The maximum atomic E-state index is 6.89. The molecule has 0 saturated heterocycles. The zero-order chi connectivity index (χ0) is 33.5. The smallest absolute Gasteiger partial charge is 0.159 e. The first-order chi connectivity index (χ1) is 25.3. The van der Waals surface area contributed by atoms with Crippen LogP contribution in [0.5, 0.6) is 0 Å². The van der Waals surface area contributed by atoms with E-state index in [4.69, 9.17) is 8.83 Å². The molecule has 0 unspecified atom stereocenters. The van der Waals surface area contributed by atoms with Gasteiger partial charge in [0.15, 0.2) is 5.58 Å². The Hall–Kier alpha value is -6.84. The molecule has 0 N–H and O–H groups in total. The normalized spacial score (nSPS) is 11.9. The van der Waals surface area contributed by atoms with Crippen LogP contribution in [-0.4, -0.2) is 0 Å². The Morgan fingerprint density at radius 1 is 0.314 bits per heavy atom. The third-order valence-electron chi connectivity index (χ3n) is 10.4. The summed E-state index contributed by atoms with van der Waals surface area (Å²) in [5.41, 5.74) is 8.98. The zero-order valence-corrected chi connectivity index (χ0v) is 27.5. The molecule has 0 saturated carbocycles. The van der Waals surface area contributed by atoms with Gasteiger partial charge in [0.2, 0.25) is 0 Å². The molecule has 0 atom stereocenters. The van der Waals surface area contributed by atoms with Gasteiger partial charge in [-0.05, 0) is 92.7 Å². The van der Waals surface area contributed by atoms with Crippen molar-refractivity contribution in [1.29, 1.82) is 0 Å². The van der Waals surface area contributed by atoms with E-state index in [1.54, 1.807) is 0 Å². The number of hydrogen-bond acceptors (Lipinski definition) is 3. The van der Waals surface area contributed by atoms with Gasteiger partial charge >= 0.3 is 0 Å². The molecule has 0 bridgehead atoms. The van der Waals surface area contributed by atoms with Gasteiger partial charge in [-0.1, -0.05) is 121 Å². The van der Waals surface area contributed by atoms with E-state index in [0.717, 1.165) is 77.5 Å². The van der Waals surface area contributed by atoms with Crippen LogP contribution in [0.4, 0.5) is 17.1 Å². The van der Waals surface area contributed by atoms with Crippen molar-refractivity contribution < 1.29 is 8.83 Å². The molecule has 3 heteroatoms. The SMILES string of the molecule is c1ccc2c(c1)ccc1ccc(N(c3ccc(-c4ccc5oc6ccccc6c5c4)cc3)c3cccc4c3oc3c5ccccc5ccc43)cc12. The van der Waals surface area contributed by atoms with Crippen LogP contribution in [0, 0.1) is 0 Å². The fourth-order valence-electron chi connectivity index (χ4n) is 7.95. The fourth-order valence-corrected chi connectivity index (χ4v) is 7.95. The Bertz CT molecular complexity index is 3150. The Morgan fingerprint density at radius 3 is 1.78 bits per heavy atom. The minimum atomic E-state index is 0.864. The highest BCUT2D eigenvalue weighted by molar-refractivity contribution is 6.18. The van der Waals surface area contributed by atoms with Crippen LogP contribution in [0.15, 0.2) is 185 Å². The molecule has 9 aromatic carbocycles. The molecule has 51 heavy (non-hydrogen) atoms. The maximum absolute atomic E-state index is 6.89. The lowest BCUT2D eigenvalue weighted by molar-refractivity contribution is 0.669. The van der Waals surface area contributed by atoms with Gasteiger partial charge in [0.05, 0.1) is 5.69 Å². The van der Waals surface area contributed by atoms with E-state index >= 15 is 0 Å². The van der Waals surface area contributed by atoms with Gasteiger partial charge in [-0.3, -0.25) is 0 Å². The molecule has 0 aliphatic rings. The molecule has 0 spiro atoms. The average molecular weight is 652 g/mol. The van der Waals surface area contributed by atoms with E-state index in [1.165, 1.54) is 26.9 Å². The number of rotatable bonds is 4. The molecule has 11 rings (SSSR count). The van der Waals surface area contributed by atoms with Crippen LogP contribution in [-0.2, 0) is 0 Å². The Labute approximate surface area is 293 Å². The second kappa shape index (κ2) is 10.8. The van der Waals surface area contributed by atoms with E-state index < -0.39 is 0 Å². The molecule has 0 fully saturated rings. The molecule has 0 aliphatic carbocycles. The average Bonchev–Trinajstić information content (AvgIpc) is 3.77. The molecular formula is C48H29NO2. The molecule has 2 aromatic heterocycles. The Balaban J connectivity index is 1.12. The standard InChI is InChI=1S/C48H29NO2/c1-3-10-37-31(8-1)16-17-33-20-25-36(29-42(33)37)49(44-14-7-13-40-41-26-21-32-9-2-4-11-38(32)47(41)51-48(40)44)35-23-18-30(19-24-35)34-22-27-46-43(28-34)39-12-5-6-15-45(39)50-46/h1-29H. The topological polar surface area (TPSA) is 29.5 Å². The summed E-state index contributed by atoms with van der Waals surface area (Å²) in [6.07, 6.45) is 0. The second-order valence-electron chi connectivity index (χ2n) is 13.3. The molecule has 2 heterocycles. The molecule has 0 amide bonds. The van der Waals surface area contributed by atoms with Crippen molar-refractivity contribution in [2.75, 3.05) is 4.90 Å². The van der Waals surface area contributed by atoms with Gasteiger partial charge in [-0.25, -0.2) is 0 Å². The highest BCUT2D eigenvalue weighted by Gasteiger charge is 2.21. The third-order valence-corrected chi connectivity index (χ3v) is 10.4. The van der Waals surface area contributed by atoms with Crippen molar-refractivity contribution >= 4 is 93.3 Å². The third kappa shape index (κ3) is 4.32. The van der Waals surface area contributed by atoms with E-state index in [2.05, 4.69) is 169 Å². The number of furan rings is 2. The first kappa shape index (κ1) is 28.0. The molecule has 3 nitrogen and oxygen atoms in total. The van der Waals surface area contributed by atoms with Crippen LogP contribution in [0.25, 0.3) is 87.3 Å². The predicted molar refractivity (Wildman–Crippen MR) is 214 cm³/mol. The first-order valence-electron chi connectivity index (χ1n) is 17.3. The van der Waals surface area contributed by atoms with Crippen molar-refractivity contribution in [3.8, 4) is 11.1 Å². The number of nitrogens with zero attached hydrogens (tertiary/aromatic N) is 1. The number of para-hydroxylation sites is 2. The number of hydrogen-bond donors (Lipinski definition) is 0. The number of benzene rings is 9. The largest absolute Gasteiger partial charge is 0.456 e. The molecule has 0 radical (unpaired) electrons. The summed E-state index contributed by atoms with van der Waals surface area (Å²) in [4.78, 5) is 2.34. The summed E-state index contributed by atoms with van der Waals surface area (Å²) < 4.78 is 13.0. The van der Waals surface area contributed by atoms with Gasteiger partial charge in [0.1, 0.15) is 16.7 Å². The molecule has 0 aliphatic heterocycles. The molecule has 11 aromatic rings. The summed E-state index contributed by atoms with van der Waals surface area (Å²) in [6, 6.07) is 62.7. The minimum absolute atomic E-state index is 0.864. The van der Waals surface area contributed by atoms with Gasteiger partial charge in [0.25, 0.3) is 0 Å². The Morgan fingerprint density at radius 2 is 0.922 bits per heavy atom. The second-order valence-corrected chi connectivity index (χ2v) is 13.3. The monoisotopic (exact) mass is 651 g/mol. The lowest BCUT2D eigenvalue weighted by atomic mass is 10.00. The lowest BCUT2D eigenvalue weighted by Crippen LogP contribution is -2.10. The summed E-state index contributed by atoms with van der Waals surface area (Å²) in [6.45, 7) is 0. The fraction of sp³-hybridized carbons (Fsp3) is 0. The Kier molecular flexibility index (Phi) is 5.96. The van der Waals surface area contributed by atoms with Gasteiger partial charge in [-0.2, -0.15) is 0 Å². The van der Waals surface area contributed by atoms with Crippen molar-refractivity contribution in [2.24, 2.45) is 0 Å². The lowest BCUT2D eigenvalue weighted by Gasteiger charge is -2.26. The zero-order valence-electron chi connectivity index (χ0n) is 27.5. The van der Waals surface area contributed by atoms with E-state index in [0.29, 0.717) is 0 Å². The van der Waals surface area contributed by atoms with Crippen molar-refractivity contribution in [3.63, 3.8) is 0 Å². The van der Waals surface area contributed by atoms with Crippen LogP contribution in [0.1, 0.15) is 0 Å². The van der Waals surface area contributed by atoms with Crippen LogP contribution in [0.2, 0.25) is 0 Å². The predicted octanol–water partition coefficient (Wildman–Crippen LogP) is 14.1. The van der Waals surface area contributed by atoms with Crippen LogP contribution >= 0.6 is 0 Å². The highest BCUT2D eigenvalue weighted by Crippen LogP contribution is 2.45. The summed E-state index contributed by atoms with van der Waals surface area (Å²) >= 11 is 0. The quantitative estimate of drug-likeness (QED) is 0.177. The van der Waals surface area contributed by atoms with Gasteiger partial charge in [0, 0.05) is 38.3 Å². The van der Waals surface area contributed by atoms with Crippen molar-refractivity contribution in [1.82, 2.24) is 0 Å². The number of fused-ring (bicyclic) bond motifs is 11. The summed E-state index contributed by atoms with van der Waals surface area (Å²) in [5, 5.41) is 11.7. The molecule has 238 valence electrons. The highest BCUT2D eigenvalue weighted by atomic mass is 16.3. The van der Waals surface area contributed by atoms with E-state index in [9.17, 15) is 0 Å². The maximum Gasteiger partial charge on any atom is 0.159 e. The molecular weight excluding hydrogens is 623 g/mol. The summed E-state index contributed by atoms with van der Waals surface area (Å²) in [7, 11) is 0. The van der Waals surface area contributed by atoms with E-state index in [1.807, 2.05) is 12.1 Å². The first-order valence-corrected chi connectivity index (χ1v) is 17.3. The minimum Gasteiger partial charge on any atom is -0.456 e. The van der Waals surface area contributed by atoms with Gasteiger partial charge in [-0.15, -0.1) is 0 Å².